The molecule has 0 bridgehead atoms. The Kier molecular flexibility index (Phi) is 4.63. The second kappa shape index (κ2) is 5.79. The molecule has 2 N–H and O–H groups in total. The van der Waals surface area contributed by atoms with Crippen molar-refractivity contribution in [2.75, 3.05) is 6.54 Å². The molecule has 1 aromatic rings. The molecule has 0 radical (unpaired) electrons. The number of hydrogen-bond donors (Lipinski definition) is 2. The summed E-state index contributed by atoms with van der Waals surface area (Å²) in [6.07, 6.45) is 2.15. The molecule has 7 heteroatoms. The van der Waals surface area contributed by atoms with Crippen LogP contribution >= 0.6 is 15.9 Å². The van der Waals surface area contributed by atoms with Crippen LogP contribution in [0.1, 0.15) is 39.4 Å². The molecule has 1 saturated carbocycles. The maximum atomic E-state index is 12.5. The highest BCUT2D eigenvalue weighted by molar-refractivity contribution is 9.10. The molecule has 0 amide bonds. The Morgan fingerprint density at radius 2 is 2.10 bits per heavy atom. The minimum absolute atomic E-state index is 0.166. The fourth-order valence-corrected chi connectivity index (χ4v) is 4.68. The van der Waals surface area contributed by atoms with Gasteiger partial charge in [-0.2, -0.15) is 0 Å². The zero-order valence-electron chi connectivity index (χ0n) is 12.0. The molecule has 0 saturated heterocycles. The summed E-state index contributed by atoms with van der Waals surface area (Å²) in [7, 11) is -3.58. The van der Waals surface area contributed by atoms with Gasteiger partial charge in [-0.25, -0.2) is 13.1 Å². The zero-order chi connectivity index (χ0) is 15.0. The van der Waals surface area contributed by atoms with Gasteiger partial charge in [-0.15, -0.1) is 0 Å². The van der Waals surface area contributed by atoms with Crippen LogP contribution in [0.2, 0.25) is 0 Å². The normalized spacial score (nSPS) is 16.6. The van der Waals surface area contributed by atoms with Crippen LogP contribution in [-0.2, 0) is 16.6 Å². The zero-order valence-corrected chi connectivity index (χ0v) is 14.4. The van der Waals surface area contributed by atoms with Crippen molar-refractivity contribution in [2.24, 2.45) is 5.92 Å². The Bertz CT molecular complexity index is 576. The third kappa shape index (κ3) is 3.63. The van der Waals surface area contributed by atoms with E-state index in [0.29, 0.717) is 18.2 Å². The lowest BCUT2D eigenvalue weighted by Crippen LogP contribution is -2.45. The van der Waals surface area contributed by atoms with E-state index in [1.165, 1.54) is 0 Å². The van der Waals surface area contributed by atoms with E-state index in [0.717, 1.165) is 19.4 Å². The van der Waals surface area contributed by atoms with Crippen LogP contribution < -0.4 is 10.0 Å². The Balaban J connectivity index is 2.18. The third-order valence-electron chi connectivity index (χ3n) is 3.54. The Labute approximate surface area is 128 Å². The first kappa shape index (κ1) is 16.0. The second-order valence-corrected chi connectivity index (χ2v) is 8.10. The van der Waals surface area contributed by atoms with Gasteiger partial charge in [0.25, 0.3) is 0 Å². The lowest BCUT2D eigenvalue weighted by Gasteiger charge is -2.25. The molecule has 0 atom stereocenters. The first-order valence-corrected chi connectivity index (χ1v) is 9.07. The van der Waals surface area contributed by atoms with Gasteiger partial charge in [0.2, 0.25) is 10.0 Å². The highest BCUT2D eigenvalue weighted by Gasteiger charge is 2.41. The van der Waals surface area contributed by atoms with E-state index in [4.69, 9.17) is 4.42 Å². The van der Waals surface area contributed by atoms with Crippen LogP contribution in [-0.4, -0.2) is 20.5 Å². The number of sulfonamides is 1. The molecule has 1 aliphatic rings. The number of halogens is 1. The van der Waals surface area contributed by atoms with E-state index >= 15 is 0 Å². The Morgan fingerprint density at radius 1 is 1.45 bits per heavy atom. The maximum Gasteiger partial charge on any atom is 0.245 e. The number of hydrogen-bond acceptors (Lipinski definition) is 4. The van der Waals surface area contributed by atoms with Crippen molar-refractivity contribution < 1.29 is 12.8 Å². The van der Waals surface area contributed by atoms with Crippen LogP contribution in [0, 0.1) is 5.92 Å². The van der Waals surface area contributed by atoms with Crippen LogP contribution in [0.25, 0.3) is 0 Å². The van der Waals surface area contributed by atoms with Crippen molar-refractivity contribution in [2.45, 2.75) is 50.6 Å². The van der Waals surface area contributed by atoms with Crippen molar-refractivity contribution in [3.8, 4) is 0 Å². The van der Waals surface area contributed by atoms with Crippen molar-refractivity contribution in [3.63, 3.8) is 0 Å². The molecule has 5 nitrogen and oxygen atoms in total. The average molecular weight is 365 g/mol. The molecule has 1 fully saturated rings. The SMILES string of the molecule is CCNCc1cc(S(=O)(=O)NC(C)(C)C2CC2)c(Br)o1. The number of rotatable bonds is 7. The standard InChI is InChI=1S/C13H21BrN2O3S/c1-4-15-8-10-7-11(12(14)19-10)20(17,18)16-13(2,3)9-5-6-9/h7,9,15-16H,4-6,8H2,1-3H3. The molecular weight excluding hydrogens is 344 g/mol. The van der Waals surface area contributed by atoms with E-state index in [2.05, 4.69) is 26.0 Å². The Morgan fingerprint density at radius 3 is 2.65 bits per heavy atom. The van der Waals surface area contributed by atoms with Crippen molar-refractivity contribution in [3.05, 3.63) is 16.5 Å². The summed E-state index contributed by atoms with van der Waals surface area (Å²) in [5, 5.41) is 3.10. The highest BCUT2D eigenvalue weighted by atomic mass is 79.9. The number of nitrogens with one attached hydrogen (secondary N) is 2. The lowest BCUT2D eigenvalue weighted by atomic mass is 10.0. The summed E-state index contributed by atoms with van der Waals surface area (Å²) in [6, 6.07) is 1.57. The quantitative estimate of drug-likeness (QED) is 0.779. The summed E-state index contributed by atoms with van der Waals surface area (Å²) >= 11 is 3.19. The summed E-state index contributed by atoms with van der Waals surface area (Å²) in [6.45, 7) is 7.14. The minimum atomic E-state index is -3.58. The highest BCUT2D eigenvalue weighted by Crippen LogP contribution is 2.40. The van der Waals surface area contributed by atoms with E-state index in [-0.39, 0.29) is 9.56 Å². The Hall–Kier alpha value is -0.370. The molecule has 2 rings (SSSR count). The summed E-state index contributed by atoms with van der Waals surface area (Å²) in [5.41, 5.74) is -0.419. The second-order valence-electron chi connectivity index (χ2n) is 5.73. The van der Waals surface area contributed by atoms with Crippen LogP contribution in [0.4, 0.5) is 0 Å². The van der Waals surface area contributed by atoms with Gasteiger partial charge in [0.05, 0.1) is 6.54 Å². The van der Waals surface area contributed by atoms with Gasteiger partial charge in [0.15, 0.2) is 4.67 Å². The van der Waals surface area contributed by atoms with E-state index in [9.17, 15) is 8.42 Å². The van der Waals surface area contributed by atoms with Crippen LogP contribution in [0.5, 0.6) is 0 Å². The molecular formula is C13H21BrN2O3S. The van der Waals surface area contributed by atoms with Gasteiger partial charge < -0.3 is 9.73 Å². The van der Waals surface area contributed by atoms with Gasteiger partial charge in [-0.1, -0.05) is 6.92 Å². The van der Waals surface area contributed by atoms with E-state index < -0.39 is 15.6 Å². The van der Waals surface area contributed by atoms with E-state index in [1.54, 1.807) is 6.07 Å². The maximum absolute atomic E-state index is 12.5. The molecule has 20 heavy (non-hydrogen) atoms. The monoisotopic (exact) mass is 364 g/mol. The average Bonchev–Trinajstić information content (AvgIpc) is 3.10. The predicted molar refractivity (Wildman–Crippen MR) is 80.9 cm³/mol. The summed E-state index contributed by atoms with van der Waals surface area (Å²) in [5.74, 6) is 1.02. The van der Waals surface area contributed by atoms with Gasteiger partial charge in [0.1, 0.15) is 10.7 Å². The summed E-state index contributed by atoms with van der Waals surface area (Å²) < 4.78 is 33.4. The topological polar surface area (TPSA) is 71.3 Å². The predicted octanol–water partition coefficient (Wildman–Crippen LogP) is 2.62. The smallest absolute Gasteiger partial charge is 0.245 e. The van der Waals surface area contributed by atoms with Gasteiger partial charge in [0, 0.05) is 11.6 Å². The molecule has 1 aliphatic carbocycles. The molecule has 0 aromatic carbocycles. The van der Waals surface area contributed by atoms with Crippen LogP contribution in [0.3, 0.4) is 0 Å². The number of furan rings is 1. The first-order chi connectivity index (χ1) is 9.26. The molecule has 0 unspecified atom stereocenters. The third-order valence-corrected chi connectivity index (χ3v) is 6.07. The molecule has 0 spiro atoms. The molecule has 0 aliphatic heterocycles. The largest absolute Gasteiger partial charge is 0.452 e. The van der Waals surface area contributed by atoms with Crippen molar-refractivity contribution >= 4 is 26.0 Å². The molecule has 1 aromatic heterocycles. The van der Waals surface area contributed by atoms with Crippen molar-refractivity contribution in [1.29, 1.82) is 0 Å². The van der Waals surface area contributed by atoms with Gasteiger partial charge in [-0.3, -0.25) is 0 Å². The minimum Gasteiger partial charge on any atom is -0.452 e. The molecule has 114 valence electrons. The lowest BCUT2D eigenvalue weighted by molar-refractivity contribution is 0.399. The van der Waals surface area contributed by atoms with Crippen LogP contribution in [0.15, 0.2) is 20.0 Å². The first-order valence-electron chi connectivity index (χ1n) is 6.79. The van der Waals surface area contributed by atoms with Gasteiger partial charge in [-0.05, 0) is 55.1 Å². The van der Waals surface area contributed by atoms with Crippen molar-refractivity contribution in [1.82, 2.24) is 10.0 Å². The van der Waals surface area contributed by atoms with E-state index in [1.807, 2.05) is 20.8 Å². The fourth-order valence-electron chi connectivity index (χ4n) is 2.21. The summed E-state index contributed by atoms with van der Waals surface area (Å²) in [4.78, 5) is 0.166. The molecule has 1 heterocycles. The fraction of sp³-hybridized carbons (Fsp3) is 0.692. The van der Waals surface area contributed by atoms with Gasteiger partial charge >= 0.3 is 0 Å².